The van der Waals surface area contributed by atoms with Gasteiger partial charge < -0.3 is 4.90 Å². The Kier molecular flexibility index (Phi) is 4.93. The Morgan fingerprint density at radius 1 is 1.19 bits per heavy atom. The number of hydrogen-bond donors (Lipinski definition) is 0. The van der Waals surface area contributed by atoms with Crippen molar-refractivity contribution in [2.45, 2.75) is 18.5 Å². The van der Waals surface area contributed by atoms with E-state index in [0.29, 0.717) is 10.7 Å². The van der Waals surface area contributed by atoms with E-state index in [1.165, 1.54) is 18.0 Å². The molecule has 0 aliphatic heterocycles. The number of halogens is 1. The standard InChI is InChI=1S/C18H16ClN3O3S/c1-12(23)22(16-4-3-9-20-18(16)26(2,24)25)11-13-5-6-14-7-8-17(19)21-15(14)10-13/h3-10H,11H2,1-2H3. The third-order valence-electron chi connectivity index (χ3n) is 3.84. The minimum atomic E-state index is -3.58. The van der Waals surface area contributed by atoms with Gasteiger partial charge in [0, 0.05) is 24.8 Å². The minimum absolute atomic E-state index is 0.128. The van der Waals surface area contributed by atoms with Crippen LogP contribution < -0.4 is 4.90 Å². The second kappa shape index (κ2) is 7.01. The lowest BCUT2D eigenvalue weighted by molar-refractivity contribution is -0.116. The number of sulfone groups is 1. The Balaban J connectivity index is 2.05. The van der Waals surface area contributed by atoms with Gasteiger partial charge in [-0.05, 0) is 35.9 Å². The van der Waals surface area contributed by atoms with Gasteiger partial charge in [0.05, 0.1) is 17.7 Å². The quantitative estimate of drug-likeness (QED) is 0.640. The molecule has 0 saturated carbocycles. The van der Waals surface area contributed by atoms with Gasteiger partial charge >= 0.3 is 0 Å². The molecular formula is C18H16ClN3O3S. The first-order chi connectivity index (χ1) is 12.3. The van der Waals surface area contributed by atoms with Crippen LogP contribution in [-0.4, -0.2) is 30.5 Å². The predicted molar refractivity (Wildman–Crippen MR) is 101 cm³/mol. The first-order valence-corrected chi connectivity index (χ1v) is 10.0. The lowest BCUT2D eigenvalue weighted by Gasteiger charge is -2.23. The molecule has 3 aromatic rings. The molecular weight excluding hydrogens is 374 g/mol. The third-order valence-corrected chi connectivity index (χ3v) is 5.06. The smallest absolute Gasteiger partial charge is 0.224 e. The number of aromatic nitrogens is 2. The molecule has 134 valence electrons. The zero-order valence-electron chi connectivity index (χ0n) is 14.2. The normalized spacial score (nSPS) is 11.5. The van der Waals surface area contributed by atoms with Crippen LogP contribution in [0.15, 0.2) is 53.7 Å². The number of anilines is 1. The van der Waals surface area contributed by atoms with E-state index in [9.17, 15) is 13.2 Å². The van der Waals surface area contributed by atoms with Crippen LogP contribution in [0.3, 0.4) is 0 Å². The molecule has 0 aliphatic rings. The number of hydrogen-bond acceptors (Lipinski definition) is 5. The SMILES string of the molecule is CC(=O)N(Cc1ccc2ccc(Cl)nc2c1)c1cccnc1S(C)(=O)=O. The summed E-state index contributed by atoms with van der Waals surface area (Å²) in [5, 5.41) is 1.17. The summed E-state index contributed by atoms with van der Waals surface area (Å²) in [7, 11) is -3.58. The van der Waals surface area contributed by atoms with Crippen molar-refractivity contribution < 1.29 is 13.2 Å². The van der Waals surface area contributed by atoms with E-state index in [0.717, 1.165) is 17.2 Å². The zero-order valence-corrected chi connectivity index (χ0v) is 15.8. The molecule has 0 bridgehead atoms. The van der Waals surface area contributed by atoms with Crippen LogP contribution >= 0.6 is 11.6 Å². The van der Waals surface area contributed by atoms with Crippen LogP contribution in [0.2, 0.25) is 5.15 Å². The largest absolute Gasteiger partial charge is 0.305 e. The van der Waals surface area contributed by atoms with Crippen LogP contribution in [0.1, 0.15) is 12.5 Å². The maximum Gasteiger partial charge on any atom is 0.224 e. The van der Waals surface area contributed by atoms with Crippen molar-refractivity contribution in [3.05, 3.63) is 59.4 Å². The summed E-state index contributed by atoms with van der Waals surface area (Å²) in [4.78, 5) is 21.8. The Bertz CT molecular complexity index is 1100. The molecule has 1 amide bonds. The topological polar surface area (TPSA) is 80.2 Å². The zero-order chi connectivity index (χ0) is 18.9. The summed E-state index contributed by atoms with van der Waals surface area (Å²) in [5.74, 6) is -0.290. The second-order valence-electron chi connectivity index (χ2n) is 5.87. The lowest BCUT2D eigenvalue weighted by atomic mass is 10.1. The van der Waals surface area contributed by atoms with E-state index in [2.05, 4.69) is 9.97 Å². The van der Waals surface area contributed by atoms with Crippen molar-refractivity contribution in [1.29, 1.82) is 0 Å². The summed E-state index contributed by atoms with van der Waals surface area (Å²) in [5.41, 5.74) is 1.75. The predicted octanol–water partition coefficient (Wildman–Crippen LogP) is 3.24. The van der Waals surface area contributed by atoms with Crippen LogP contribution in [0.5, 0.6) is 0 Å². The molecule has 3 rings (SSSR count). The highest BCUT2D eigenvalue weighted by Crippen LogP contribution is 2.26. The molecule has 1 aromatic carbocycles. The Labute approximate surface area is 156 Å². The van der Waals surface area contributed by atoms with Crippen molar-refractivity contribution in [2.75, 3.05) is 11.2 Å². The summed E-state index contributed by atoms with van der Waals surface area (Å²) in [6.07, 6.45) is 2.46. The number of fused-ring (bicyclic) bond motifs is 1. The number of carbonyl (C=O) groups is 1. The van der Waals surface area contributed by atoms with Crippen molar-refractivity contribution in [3.63, 3.8) is 0 Å². The van der Waals surface area contributed by atoms with Gasteiger partial charge in [0.2, 0.25) is 5.91 Å². The van der Waals surface area contributed by atoms with Gasteiger partial charge in [0.15, 0.2) is 14.9 Å². The molecule has 0 atom stereocenters. The molecule has 6 nitrogen and oxygen atoms in total. The van der Waals surface area contributed by atoms with E-state index in [1.54, 1.807) is 18.2 Å². The van der Waals surface area contributed by atoms with E-state index >= 15 is 0 Å². The number of nitrogens with zero attached hydrogens (tertiary/aromatic N) is 3. The van der Waals surface area contributed by atoms with Gasteiger partial charge in [0.1, 0.15) is 5.15 Å². The monoisotopic (exact) mass is 389 g/mol. The van der Waals surface area contributed by atoms with E-state index in [-0.39, 0.29) is 23.2 Å². The van der Waals surface area contributed by atoms with Gasteiger partial charge in [-0.3, -0.25) is 4.79 Å². The highest BCUT2D eigenvalue weighted by atomic mass is 35.5. The number of benzene rings is 1. The molecule has 2 heterocycles. The summed E-state index contributed by atoms with van der Waals surface area (Å²) >= 11 is 5.94. The molecule has 0 N–H and O–H groups in total. The van der Waals surface area contributed by atoms with Crippen LogP contribution in [0.4, 0.5) is 5.69 Å². The van der Waals surface area contributed by atoms with Crippen LogP contribution in [-0.2, 0) is 21.2 Å². The van der Waals surface area contributed by atoms with Crippen molar-refractivity contribution in [3.8, 4) is 0 Å². The van der Waals surface area contributed by atoms with E-state index in [1.807, 2.05) is 24.3 Å². The Morgan fingerprint density at radius 3 is 2.62 bits per heavy atom. The molecule has 0 radical (unpaired) electrons. The maximum absolute atomic E-state index is 12.2. The Morgan fingerprint density at radius 2 is 1.92 bits per heavy atom. The maximum atomic E-state index is 12.2. The van der Waals surface area contributed by atoms with E-state index in [4.69, 9.17) is 11.6 Å². The van der Waals surface area contributed by atoms with Crippen molar-refractivity contribution in [1.82, 2.24) is 9.97 Å². The minimum Gasteiger partial charge on any atom is -0.305 e. The van der Waals surface area contributed by atoms with Gasteiger partial charge in [-0.25, -0.2) is 18.4 Å². The molecule has 8 heteroatoms. The van der Waals surface area contributed by atoms with E-state index < -0.39 is 9.84 Å². The third kappa shape index (κ3) is 3.84. The highest BCUT2D eigenvalue weighted by Gasteiger charge is 2.22. The molecule has 26 heavy (non-hydrogen) atoms. The number of amides is 1. The first-order valence-electron chi connectivity index (χ1n) is 7.74. The first kappa shape index (κ1) is 18.3. The number of rotatable bonds is 4. The fourth-order valence-corrected chi connectivity index (χ4v) is 3.62. The molecule has 2 aromatic heterocycles. The lowest BCUT2D eigenvalue weighted by Crippen LogP contribution is -2.29. The van der Waals surface area contributed by atoms with Gasteiger partial charge in [-0.1, -0.05) is 23.7 Å². The highest BCUT2D eigenvalue weighted by molar-refractivity contribution is 7.90. The van der Waals surface area contributed by atoms with Gasteiger partial charge in [-0.15, -0.1) is 0 Å². The average Bonchev–Trinajstić information content (AvgIpc) is 2.58. The molecule has 0 saturated heterocycles. The number of pyridine rings is 2. The van der Waals surface area contributed by atoms with Crippen LogP contribution in [0.25, 0.3) is 10.9 Å². The fourth-order valence-electron chi connectivity index (χ4n) is 2.66. The second-order valence-corrected chi connectivity index (χ2v) is 8.18. The summed E-state index contributed by atoms with van der Waals surface area (Å²) < 4.78 is 24.0. The van der Waals surface area contributed by atoms with Crippen LogP contribution in [0, 0.1) is 0 Å². The van der Waals surface area contributed by atoms with Gasteiger partial charge in [-0.2, -0.15) is 0 Å². The van der Waals surface area contributed by atoms with Gasteiger partial charge in [0.25, 0.3) is 0 Å². The average molecular weight is 390 g/mol. The number of carbonyl (C=O) groups excluding carboxylic acids is 1. The molecule has 0 aliphatic carbocycles. The molecule has 0 fully saturated rings. The molecule has 0 spiro atoms. The van der Waals surface area contributed by atoms with Crippen molar-refractivity contribution >= 4 is 43.9 Å². The molecule has 0 unspecified atom stereocenters. The van der Waals surface area contributed by atoms with Crippen molar-refractivity contribution in [2.24, 2.45) is 0 Å². The fraction of sp³-hybridized carbons (Fsp3) is 0.167. The summed E-state index contributed by atoms with van der Waals surface area (Å²) in [6, 6.07) is 12.3. The Hall–Kier alpha value is -2.51. The summed E-state index contributed by atoms with van der Waals surface area (Å²) in [6.45, 7) is 1.57.